The number of morpholine rings is 1. The molecule has 2 aliphatic heterocycles. The van der Waals surface area contributed by atoms with Gasteiger partial charge in [-0.2, -0.15) is 0 Å². The van der Waals surface area contributed by atoms with Gasteiger partial charge in [0.15, 0.2) is 0 Å². The predicted octanol–water partition coefficient (Wildman–Crippen LogP) is 1.42. The van der Waals surface area contributed by atoms with Gasteiger partial charge in [0.1, 0.15) is 6.10 Å². The van der Waals surface area contributed by atoms with Crippen LogP contribution in [-0.4, -0.2) is 49.9 Å². The topological polar surface area (TPSA) is 53.9 Å². The molecule has 1 unspecified atom stereocenters. The number of carbonyl (C=O) groups excluding carboxylic acids is 1. The number of rotatable bonds is 4. The maximum atomic E-state index is 12.0. The molecular weight excluding hydrogens is 266 g/mol. The predicted molar refractivity (Wildman–Crippen MR) is 84.0 cm³/mol. The second-order valence-corrected chi connectivity index (χ2v) is 5.10. The van der Waals surface area contributed by atoms with Gasteiger partial charge in [0.05, 0.1) is 6.61 Å². The van der Waals surface area contributed by atoms with Crippen LogP contribution in [0.25, 0.3) is 0 Å². The fraction of sp³-hybridized carbons (Fsp3) is 0.375. The molecule has 0 bridgehead atoms. The van der Waals surface area contributed by atoms with Crippen molar-refractivity contribution < 1.29 is 9.53 Å². The minimum absolute atomic E-state index is 0.147. The lowest BCUT2D eigenvalue weighted by atomic mass is 10.1. The van der Waals surface area contributed by atoms with Gasteiger partial charge in [-0.1, -0.05) is 24.8 Å². The van der Waals surface area contributed by atoms with Gasteiger partial charge < -0.3 is 15.0 Å². The fourth-order valence-electron chi connectivity index (χ4n) is 2.06. The van der Waals surface area contributed by atoms with Crippen molar-refractivity contribution in [3.63, 3.8) is 0 Å². The van der Waals surface area contributed by atoms with Crippen LogP contribution in [0, 0.1) is 0 Å². The third kappa shape index (κ3) is 5.13. The maximum absolute atomic E-state index is 12.0. The van der Waals surface area contributed by atoms with Crippen molar-refractivity contribution in [1.82, 2.24) is 10.2 Å². The minimum atomic E-state index is -0.428. The first kappa shape index (κ1) is 15.4. The van der Waals surface area contributed by atoms with Gasteiger partial charge in [0, 0.05) is 31.2 Å². The Morgan fingerprint density at radius 2 is 2.48 bits per heavy atom. The van der Waals surface area contributed by atoms with Crippen molar-refractivity contribution in [1.29, 1.82) is 0 Å². The van der Waals surface area contributed by atoms with Crippen LogP contribution in [0.2, 0.25) is 0 Å². The summed E-state index contributed by atoms with van der Waals surface area (Å²) in [6.45, 7) is 5.87. The Bertz CT molecular complexity index is 518. The van der Waals surface area contributed by atoms with E-state index in [0.29, 0.717) is 18.8 Å². The van der Waals surface area contributed by atoms with Crippen LogP contribution in [-0.2, 0) is 9.53 Å². The molecule has 1 atom stereocenters. The molecule has 112 valence electrons. The van der Waals surface area contributed by atoms with Gasteiger partial charge in [-0.25, -0.2) is 0 Å². The van der Waals surface area contributed by atoms with E-state index >= 15 is 0 Å². The van der Waals surface area contributed by atoms with E-state index < -0.39 is 6.10 Å². The highest BCUT2D eigenvalue weighted by molar-refractivity contribution is 5.83. The van der Waals surface area contributed by atoms with Crippen LogP contribution in [0.4, 0.5) is 0 Å². The SMILES string of the molecule is C=C(/C=C\C=C1\C=NC=CC1)NC(=O)C1CN(C)CCO1. The van der Waals surface area contributed by atoms with E-state index in [1.165, 1.54) is 0 Å². The molecule has 5 nitrogen and oxygen atoms in total. The maximum Gasteiger partial charge on any atom is 0.254 e. The highest BCUT2D eigenvalue weighted by Gasteiger charge is 2.24. The summed E-state index contributed by atoms with van der Waals surface area (Å²) >= 11 is 0. The lowest BCUT2D eigenvalue weighted by Gasteiger charge is -2.29. The molecule has 0 aromatic heterocycles. The number of nitrogens with zero attached hydrogens (tertiary/aromatic N) is 2. The molecule has 1 fully saturated rings. The summed E-state index contributed by atoms with van der Waals surface area (Å²) in [6, 6.07) is 0. The smallest absolute Gasteiger partial charge is 0.254 e. The van der Waals surface area contributed by atoms with Gasteiger partial charge in [0.2, 0.25) is 0 Å². The molecule has 0 spiro atoms. The van der Waals surface area contributed by atoms with Crippen LogP contribution >= 0.6 is 0 Å². The standard InChI is InChI=1S/C16H21N3O2/c1-13(5-3-6-14-7-4-8-17-11-14)18-16(20)15-12-19(2)9-10-21-15/h3-6,8,11,15H,1,7,9-10,12H2,2H3,(H,18,20)/b5-3-,14-6+. The molecule has 1 N–H and O–H groups in total. The van der Waals surface area contributed by atoms with Gasteiger partial charge in [-0.05, 0) is 25.1 Å². The van der Waals surface area contributed by atoms with Crippen LogP contribution in [0.5, 0.6) is 0 Å². The minimum Gasteiger partial charge on any atom is -0.366 e. The number of hydrogen-bond donors (Lipinski definition) is 1. The second kappa shape index (κ2) is 7.71. The number of allylic oxidation sites excluding steroid dienone is 5. The van der Waals surface area contributed by atoms with Crippen molar-refractivity contribution in [2.75, 3.05) is 26.7 Å². The Hall–Kier alpha value is -1.98. The molecule has 0 aromatic rings. The number of carbonyl (C=O) groups is 1. The Kier molecular flexibility index (Phi) is 5.66. The Balaban J connectivity index is 1.79. The van der Waals surface area contributed by atoms with E-state index in [2.05, 4.69) is 21.8 Å². The van der Waals surface area contributed by atoms with Crippen molar-refractivity contribution in [2.24, 2.45) is 4.99 Å². The summed E-state index contributed by atoms with van der Waals surface area (Å²) in [5.74, 6) is -0.147. The third-order valence-corrected chi connectivity index (χ3v) is 3.24. The number of hydrogen-bond acceptors (Lipinski definition) is 4. The number of amides is 1. The zero-order valence-corrected chi connectivity index (χ0v) is 12.3. The molecule has 21 heavy (non-hydrogen) atoms. The molecular formula is C16H21N3O2. The number of aliphatic imine (C=N–C) groups is 1. The Morgan fingerprint density at radius 1 is 1.62 bits per heavy atom. The summed E-state index contributed by atoms with van der Waals surface area (Å²) in [7, 11) is 1.98. The Morgan fingerprint density at radius 3 is 3.19 bits per heavy atom. The molecule has 0 aliphatic carbocycles. The zero-order valence-electron chi connectivity index (χ0n) is 12.3. The van der Waals surface area contributed by atoms with E-state index in [9.17, 15) is 4.79 Å². The first-order valence-electron chi connectivity index (χ1n) is 7.00. The van der Waals surface area contributed by atoms with Crippen LogP contribution in [0.15, 0.2) is 53.3 Å². The lowest BCUT2D eigenvalue weighted by molar-refractivity contribution is -0.136. The van der Waals surface area contributed by atoms with E-state index in [0.717, 1.165) is 18.5 Å². The first-order chi connectivity index (χ1) is 10.1. The van der Waals surface area contributed by atoms with E-state index in [4.69, 9.17) is 4.74 Å². The average Bonchev–Trinajstić information content (AvgIpc) is 2.48. The number of likely N-dealkylation sites (N-methyl/N-ethyl adjacent to an activating group) is 1. The van der Waals surface area contributed by atoms with E-state index in [1.807, 2.05) is 31.5 Å². The van der Waals surface area contributed by atoms with Gasteiger partial charge >= 0.3 is 0 Å². The highest BCUT2D eigenvalue weighted by atomic mass is 16.5. The van der Waals surface area contributed by atoms with Crippen LogP contribution < -0.4 is 5.32 Å². The lowest BCUT2D eigenvalue weighted by Crippen LogP contribution is -2.48. The molecule has 2 heterocycles. The first-order valence-corrected chi connectivity index (χ1v) is 7.00. The van der Waals surface area contributed by atoms with Crippen LogP contribution in [0.3, 0.4) is 0 Å². The quantitative estimate of drug-likeness (QED) is 0.796. The largest absolute Gasteiger partial charge is 0.366 e. The molecule has 1 amide bonds. The Labute approximate surface area is 125 Å². The molecule has 5 heteroatoms. The monoisotopic (exact) mass is 287 g/mol. The van der Waals surface area contributed by atoms with Gasteiger partial charge in [-0.3, -0.25) is 9.79 Å². The third-order valence-electron chi connectivity index (χ3n) is 3.24. The molecule has 0 radical (unpaired) electrons. The van der Waals surface area contributed by atoms with Crippen molar-refractivity contribution in [2.45, 2.75) is 12.5 Å². The highest BCUT2D eigenvalue weighted by Crippen LogP contribution is 2.06. The average molecular weight is 287 g/mol. The fourth-order valence-corrected chi connectivity index (χ4v) is 2.06. The molecule has 0 saturated carbocycles. The summed E-state index contributed by atoms with van der Waals surface area (Å²) < 4.78 is 5.45. The summed E-state index contributed by atoms with van der Waals surface area (Å²) in [5, 5.41) is 2.76. The number of ether oxygens (including phenoxy) is 1. The molecule has 2 rings (SSSR count). The molecule has 2 aliphatic rings. The molecule has 1 saturated heterocycles. The van der Waals surface area contributed by atoms with Gasteiger partial charge in [-0.15, -0.1) is 0 Å². The van der Waals surface area contributed by atoms with E-state index in [-0.39, 0.29) is 5.91 Å². The number of nitrogens with one attached hydrogen (secondary N) is 1. The van der Waals surface area contributed by atoms with Crippen LogP contribution in [0.1, 0.15) is 6.42 Å². The van der Waals surface area contributed by atoms with Crippen molar-refractivity contribution >= 4 is 12.1 Å². The van der Waals surface area contributed by atoms with Crippen molar-refractivity contribution in [3.8, 4) is 0 Å². The summed E-state index contributed by atoms with van der Waals surface area (Å²) in [5.41, 5.74) is 1.67. The zero-order chi connectivity index (χ0) is 15.1. The van der Waals surface area contributed by atoms with E-state index in [1.54, 1.807) is 12.3 Å². The summed E-state index contributed by atoms with van der Waals surface area (Å²) in [4.78, 5) is 18.1. The van der Waals surface area contributed by atoms with Crippen molar-refractivity contribution in [3.05, 3.63) is 48.4 Å². The summed E-state index contributed by atoms with van der Waals surface area (Å²) in [6.07, 6.45) is 11.6. The molecule has 0 aromatic carbocycles. The second-order valence-electron chi connectivity index (χ2n) is 5.10. The van der Waals surface area contributed by atoms with Gasteiger partial charge in [0.25, 0.3) is 5.91 Å². The normalized spacial score (nSPS) is 24.6.